The topological polar surface area (TPSA) is 75.4 Å². The van der Waals surface area contributed by atoms with Crippen LogP contribution in [0.4, 0.5) is 11.4 Å². The number of amides is 2. The van der Waals surface area contributed by atoms with E-state index in [1.54, 1.807) is 24.3 Å². The first-order valence-corrected chi connectivity index (χ1v) is 8.17. The van der Waals surface area contributed by atoms with Crippen molar-refractivity contribution in [2.45, 2.75) is 24.8 Å². The minimum atomic E-state index is -0.701. The first kappa shape index (κ1) is 17.5. The molecule has 0 saturated heterocycles. The third-order valence-corrected chi connectivity index (χ3v) is 4.76. The highest BCUT2D eigenvalue weighted by atomic mass is 35.5. The monoisotopic (exact) mass is 357 g/mol. The van der Waals surface area contributed by atoms with E-state index in [-0.39, 0.29) is 24.2 Å². The summed E-state index contributed by atoms with van der Waals surface area (Å²) in [5.41, 5.74) is 8.63. The van der Waals surface area contributed by atoms with E-state index in [0.29, 0.717) is 17.8 Å². The molecule has 0 bridgehead atoms. The van der Waals surface area contributed by atoms with Crippen LogP contribution in [0.2, 0.25) is 0 Å². The van der Waals surface area contributed by atoms with Gasteiger partial charge in [-0.05, 0) is 55.2 Å². The van der Waals surface area contributed by atoms with Crippen LogP contribution in [-0.2, 0) is 11.2 Å². The molecule has 5 nitrogen and oxygen atoms in total. The molecular weight excluding hydrogens is 338 g/mol. The van der Waals surface area contributed by atoms with Crippen LogP contribution in [0.5, 0.6) is 0 Å². The maximum absolute atomic E-state index is 12.7. The number of nitrogens with zero attached hydrogens (tertiary/aromatic N) is 1. The first-order chi connectivity index (χ1) is 11.6. The second-order valence-corrected chi connectivity index (χ2v) is 6.52. The first-order valence-electron chi connectivity index (χ1n) is 8.17. The highest BCUT2D eigenvalue weighted by Crippen LogP contribution is 2.33. The number of halogens is 1. The number of nitrogens with one attached hydrogen (secondary N) is 1. The van der Waals surface area contributed by atoms with Crippen molar-refractivity contribution < 1.29 is 9.59 Å². The summed E-state index contributed by atoms with van der Waals surface area (Å²) in [6.07, 6.45) is 2.34. The van der Waals surface area contributed by atoms with Gasteiger partial charge in [0.05, 0.1) is 5.54 Å². The molecule has 1 heterocycles. The van der Waals surface area contributed by atoms with Gasteiger partial charge in [-0.25, -0.2) is 0 Å². The van der Waals surface area contributed by atoms with Gasteiger partial charge in [0.25, 0.3) is 5.91 Å². The molecule has 1 fully saturated rings. The third kappa shape index (κ3) is 3.25. The van der Waals surface area contributed by atoms with Gasteiger partial charge in [-0.15, -0.1) is 12.4 Å². The Labute approximate surface area is 152 Å². The zero-order valence-electron chi connectivity index (χ0n) is 13.7. The number of hydrogen-bond acceptors (Lipinski definition) is 3. The van der Waals surface area contributed by atoms with E-state index in [9.17, 15) is 9.59 Å². The molecule has 1 aliphatic heterocycles. The molecule has 2 amide bonds. The molecular formula is C19H20ClN3O2. The maximum Gasteiger partial charge on any atom is 0.258 e. The number of para-hydroxylation sites is 1. The van der Waals surface area contributed by atoms with Crippen LogP contribution in [-0.4, -0.2) is 23.9 Å². The SMILES string of the molecule is Cl.NC1(C(=O)Nc2ccc(C(=O)N3CCc4ccccc43)cc2)CC1. The van der Waals surface area contributed by atoms with E-state index in [1.807, 2.05) is 23.1 Å². The summed E-state index contributed by atoms with van der Waals surface area (Å²) in [6, 6.07) is 15.0. The van der Waals surface area contributed by atoms with Crippen molar-refractivity contribution in [3.05, 3.63) is 59.7 Å². The van der Waals surface area contributed by atoms with E-state index in [0.717, 1.165) is 24.9 Å². The summed E-state index contributed by atoms with van der Waals surface area (Å²) >= 11 is 0. The van der Waals surface area contributed by atoms with E-state index < -0.39 is 5.54 Å². The van der Waals surface area contributed by atoms with Gasteiger partial charge in [0.1, 0.15) is 0 Å². The summed E-state index contributed by atoms with van der Waals surface area (Å²) in [6.45, 7) is 0.701. The lowest BCUT2D eigenvalue weighted by molar-refractivity contribution is -0.118. The lowest BCUT2D eigenvalue weighted by Gasteiger charge is -2.17. The predicted molar refractivity (Wildman–Crippen MR) is 100 cm³/mol. The number of rotatable bonds is 3. The Morgan fingerprint density at radius 2 is 1.72 bits per heavy atom. The van der Waals surface area contributed by atoms with Crippen molar-refractivity contribution in [1.82, 2.24) is 0 Å². The molecule has 2 aliphatic rings. The maximum atomic E-state index is 12.7. The van der Waals surface area contributed by atoms with E-state index in [2.05, 4.69) is 11.4 Å². The fourth-order valence-corrected chi connectivity index (χ4v) is 3.02. The second-order valence-electron chi connectivity index (χ2n) is 6.52. The van der Waals surface area contributed by atoms with E-state index in [1.165, 1.54) is 5.56 Å². The molecule has 1 aliphatic carbocycles. The minimum Gasteiger partial charge on any atom is -0.324 e. The van der Waals surface area contributed by atoms with E-state index >= 15 is 0 Å². The highest BCUT2D eigenvalue weighted by Gasteiger charge is 2.45. The summed E-state index contributed by atoms with van der Waals surface area (Å²) < 4.78 is 0. The summed E-state index contributed by atoms with van der Waals surface area (Å²) in [7, 11) is 0. The Balaban J connectivity index is 0.00000182. The van der Waals surface area contributed by atoms with Crippen molar-refractivity contribution in [3.63, 3.8) is 0 Å². The standard InChI is InChI=1S/C19H19N3O2.ClH/c20-19(10-11-19)18(24)21-15-7-5-14(6-8-15)17(23)22-12-9-13-3-1-2-4-16(13)22;/h1-8H,9-12,20H2,(H,21,24);1H. The van der Waals surface area contributed by atoms with Gasteiger partial charge in [0, 0.05) is 23.5 Å². The minimum absolute atomic E-state index is 0. The van der Waals surface area contributed by atoms with Crippen molar-refractivity contribution in [2.24, 2.45) is 5.73 Å². The Morgan fingerprint density at radius 3 is 2.40 bits per heavy atom. The zero-order chi connectivity index (χ0) is 16.7. The second kappa shape index (κ2) is 6.50. The lowest BCUT2D eigenvalue weighted by atomic mass is 10.1. The Morgan fingerprint density at radius 1 is 1.04 bits per heavy atom. The fourth-order valence-electron chi connectivity index (χ4n) is 3.02. The predicted octanol–water partition coefficient (Wildman–Crippen LogP) is 2.74. The van der Waals surface area contributed by atoms with E-state index in [4.69, 9.17) is 5.73 Å². The third-order valence-electron chi connectivity index (χ3n) is 4.76. The van der Waals surface area contributed by atoms with Crippen LogP contribution < -0.4 is 16.0 Å². The quantitative estimate of drug-likeness (QED) is 0.886. The van der Waals surface area contributed by atoms with Crippen LogP contribution in [0.15, 0.2) is 48.5 Å². The number of carbonyl (C=O) groups is 2. The van der Waals surface area contributed by atoms with Crippen molar-refractivity contribution in [3.8, 4) is 0 Å². The molecule has 2 aromatic carbocycles. The van der Waals surface area contributed by atoms with Gasteiger partial charge < -0.3 is 16.0 Å². The fraction of sp³-hybridized carbons (Fsp3) is 0.263. The number of nitrogens with two attached hydrogens (primary N) is 1. The number of fused-ring (bicyclic) bond motifs is 1. The Kier molecular flexibility index (Phi) is 4.54. The number of carbonyl (C=O) groups excluding carboxylic acids is 2. The van der Waals surface area contributed by atoms with Gasteiger partial charge >= 0.3 is 0 Å². The molecule has 0 radical (unpaired) electrons. The Hall–Kier alpha value is -2.37. The molecule has 25 heavy (non-hydrogen) atoms. The van der Waals surface area contributed by atoms with Gasteiger partial charge in [0.2, 0.25) is 5.91 Å². The lowest BCUT2D eigenvalue weighted by Crippen LogP contribution is -2.37. The number of hydrogen-bond donors (Lipinski definition) is 2. The largest absolute Gasteiger partial charge is 0.324 e. The van der Waals surface area contributed by atoms with Crippen molar-refractivity contribution in [2.75, 3.05) is 16.8 Å². The van der Waals surface area contributed by atoms with Crippen LogP contribution in [0.25, 0.3) is 0 Å². The highest BCUT2D eigenvalue weighted by molar-refractivity contribution is 6.07. The molecule has 0 spiro atoms. The molecule has 0 aromatic heterocycles. The smallest absolute Gasteiger partial charge is 0.258 e. The van der Waals surface area contributed by atoms with Crippen LogP contribution in [0, 0.1) is 0 Å². The van der Waals surface area contributed by atoms with Crippen molar-refractivity contribution >= 4 is 35.6 Å². The molecule has 6 heteroatoms. The molecule has 0 unspecified atom stereocenters. The molecule has 1 saturated carbocycles. The normalized spacial score (nSPS) is 16.6. The molecule has 4 rings (SSSR count). The van der Waals surface area contributed by atoms with Crippen molar-refractivity contribution in [1.29, 1.82) is 0 Å². The van der Waals surface area contributed by atoms with Gasteiger partial charge in [-0.1, -0.05) is 18.2 Å². The molecule has 2 aromatic rings. The van der Waals surface area contributed by atoms with Crippen LogP contribution >= 0.6 is 12.4 Å². The summed E-state index contributed by atoms with van der Waals surface area (Å²) in [4.78, 5) is 26.5. The summed E-state index contributed by atoms with van der Waals surface area (Å²) in [5.74, 6) is -0.176. The van der Waals surface area contributed by atoms with Crippen LogP contribution in [0.1, 0.15) is 28.8 Å². The zero-order valence-corrected chi connectivity index (χ0v) is 14.5. The molecule has 0 atom stereocenters. The summed E-state index contributed by atoms with van der Waals surface area (Å²) in [5, 5.41) is 2.81. The number of benzene rings is 2. The van der Waals surface area contributed by atoms with Gasteiger partial charge in [0.15, 0.2) is 0 Å². The average molecular weight is 358 g/mol. The average Bonchev–Trinajstić information content (AvgIpc) is 3.21. The van der Waals surface area contributed by atoms with Crippen LogP contribution in [0.3, 0.4) is 0 Å². The molecule has 3 N–H and O–H groups in total. The Bertz CT molecular complexity index is 816. The molecule has 130 valence electrons. The van der Waals surface area contributed by atoms with Gasteiger partial charge in [-0.3, -0.25) is 9.59 Å². The number of anilines is 2. The van der Waals surface area contributed by atoms with Gasteiger partial charge in [-0.2, -0.15) is 0 Å².